The molecule has 2 aliphatic heterocycles. The van der Waals surface area contributed by atoms with Crippen molar-refractivity contribution in [1.29, 1.82) is 0 Å². The molecule has 2 aromatic rings. The number of nitrogens with zero attached hydrogens (tertiary/aromatic N) is 3. The van der Waals surface area contributed by atoms with Gasteiger partial charge in [0, 0.05) is 57.8 Å². The van der Waals surface area contributed by atoms with E-state index >= 15 is 0 Å². The standard InChI is InChI=1S/C26H32N4O3/c1-19-5-7-20(8-6-19)23-24(26(32)30(25(23)31)13-4-18-33-3)27-21-9-11-22(12-10-21)29-16-14-28(2)15-17-29/h5-12,27H,4,13-18H2,1-3H3. The fourth-order valence-electron chi connectivity index (χ4n) is 4.21. The van der Waals surface area contributed by atoms with E-state index in [2.05, 4.69) is 34.3 Å². The molecule has 2 aromatic carbocycles. The fraction of sp³-hybridized carbons (Fsp3) is 0.385. The molecule has 0 atom stereocenters. The summed E-state index contributed by atoms with van der Waals surface area (Å²) in [6, 6.07) is 15.8. The second-order valence-electron chi connectivity index (χ2n) is 8.69. The Kier molecular flexibility index (Phi) is 7.11. The van der Waals surface area contributed by atoms with E-state index in [0.717, 1.165) is 48.7 Å². The van der Waals surface area contributed by atoms with Crippen LogP contribution in [0.15, 0.2) is 54.2 Å². The zero-order chi connectivity index (χ0) is 23.4. The van der Waals surface area contributed by atoms with Crippen LogP contribution in [0.5, 0.6) is 0 Å². The predicted molar refractivity (Wildman–Crippen MR) is 131 cm³/mol. The highest BCUT2D eigenvalue weighted by Gasteiger charge is 2.38. The van der Waals surface area contributed by atoms with Crippen LogP contribution in [0.1, 0.15) is 17.5 Å². The van der Waals surface area contributed by atoms with Crippen LogP contribution in [-0.2, 0) is 14.3 Å². The number of anilines is 2. The minimum Gasteiger partial charge on any atom is -0.385 e. The number of hydrogen-bond donors (Lipinski definition) is 1. The van der Waals surface area contributed by atoms with Crippen LogP contribution in [-0.4, -0.2) is 75.1 Å². The summed E-state index contributed by atoms with van der Waals surface area (Å²) in [5.74, 6) is -0.564. The molecule has 7 heteroatoms. The number of imide groups is 1. The van der Waals surface area contributed by atoms with Gasteiger partial charge in [-0.2, -0.15) is 0 Å². The number of nitrogens with one attached hydrogen (secondary N) is 1. The predicted octanol–water partition coefficient (Wildman–Crippen LogP) is 2.98. The van der Waals surface area contributed by atoms with Gasteiger partial charge in [0.25, 0.3) is 11.8 Å². The molecule has 0 unspecified atom stereocenters. The lowest BCUT2D eigenvalue weighted by Crippen LogP contribution is -2.44. The van der Waals surface area contributed by atoms with Gasteiger partial charge in [-0.15, -0.1) is 0 Å². The largest absolute Gasteiger partial charge is 0.385 e. The first-order valence-corrected chi connectivity index (χ1v) is 11.4. The number of methoxy groups -OCH3 is 1. The first kappa shape index (κ1) is 23.0. The number of ether oxygens (including phenoxy) is 1. The molecule has 0 saturated carbocycles. The van der Waals surface area contributed by atoms with E-state index < -0.39 is 0 Å². The number of rotatable bonds is 8. The number of hydrogen-bond acceptors (Lipinski definition) is 6. The normalized spacial score (nSPS) is 17.3. The molecule has 0 aromatic heterocycles. The van der Waals surface area contributed by atoms with Crippen LogP contribution < -0.4 is 10.2 Å². The summed E-state index contributed by atoms with van der Waals surface area (Å²) >= 11 is 0. The smallest absolute Gasteiger partial charge is 0.278 e. The second kappa shape index (κ2) is 10.2. The maximum absolute atomic E-state index is 13.2. The summed E-state index contributed by atoms with van der Waals surface area (Å²) in [4.78, 5) is 32.5. The molecule has 7 nitrogen and oxygen atoms in total. The topological polar surface area (TPSA) is 65.1 Å². The average molecular weight is 449 g/mol. The van der Waals surface area contributed by atoms with Crippen molar-refractivity contribution in [1.82, 2.24) is 9.80 Å². The first-order valence-electron chi connectivity index (χ1n) is 11.4. The Labute approximate surface area is 195 Å². The van der Waals surface area contributed by atoms with Crippen LogP contribution >= 0.6 is 0 Å². The molecule has 2 heterocycles. The van der Waals surface area contributed by atoms with Crippen LogP contribution in [0.25, 0.3) is 5.57 Å². The van der Waals surface area contributed by atoms with Crippen molar-refractivity contribution in [2.45, 2.75) is 13.3 Å². The third-order valence-corrected chi connectivity index (χ3v) is 6.24. The summed E-state index contributed by atoms with van der Waals surface area (Å²) in [6.45, 7) is 6.90. The number of carbonyl (C=O) groups is 2. The van der Waals surface area contributed by atoms with Crippen molar-refractivity contribution < 1.29 is 14.3 Å². The number of likely N-dealkylation sites (N-methyl/N-ethyl adjacent to an activating group) is 1. The molecular weight excluding hydrogens is 416 g/mol. The molecule has 0 bridgehead atoms. The van der Waals surface area contributed by atoms with Gasteiger partial charge >= 0.3 is 0 Å². The number of carbonyl (C=O) groups excluding carboxylic acids is 2. The van der Waals surface area contributed by atoms with E-state index in [1.165, 1.54) is 4.90 Å². The summed E-state index contributed by atoms with van der Waals surface area (Å²) in [7, 11) is 3.75. The summed E-state index contributed by atoms with van der Waals surface area (Å²) in [6.07, 6.45) is 0.599. The Morgan fingerprint density at radius 2 is 1.58 bits per heavy atom. The number of benzene rings is 2. The molecule has 2 aliphatic rings. The van der Waals surface area contributed by atoms with Crippen LogP contribution in [0.3, 0.4) is 0 Å². The van der Waals surface area contributed by atoms with E-state index in [0.29, 0.717) is 30.8 Å². The van der Waals surface area contributed by atoms with Crippen LogP contribution in [0, 0.1) is 6.92 Å². The van der Waals surface area contributed by atoms with Gasteiger partial charge in [-0.05, 0) is 50.2 Å². The van der Waals surface area contributed by atoms with E-state index in [1.54, 1.807) is 7.11 Å². The summed E-state index contributed by atoms with van der Waals surface area (Å²) in [5, 5.41) is 3.25. The number of amides is 2. The molecule has 33 heavy (non-hydrogen) atoms. The van der Waals surface area contributed by atoms with E-state index in [-0.39, 0.29) is 11.8 Å². The van der Waals surface area contributed by atoms with Crippen molar-refractivity contribution >= 4 is 28.8 Å². The zero-order valence-corrected chi connectivity index (χ0v) is 19.6. The maximum Gasteiger partial charge on any atom is 0.278 e. The molecule has 0 radical (unpaired) electrons. The SMILES string of the molecule is COCCCN1C(=O)C(Nc2ccc(N3CCN(C)CC3)cc2)=C(c2ccc(C)cc2)C1=O. The van der Waals surface area contributed by atoms with Crippen LogP contribution in [0.2, 0.25) is 0 Å². The van der Waals surface area contributed by atoms with Crippen molar-refractivity contribution in [3.63, 3.8) is 0 Å². The van der Waals surface area contributed by atoms with E-state index in [4.69, 9.17) is 4.74 Å². The van der Waals surface area contributed by atoms with Gasteiger partial charge in [0.1, 0.15) is 5.70 Å². The van der Waals surface area contributed by atoms with Crippen molar-refractivity contribution in [3.8, 4) is 0 Å². The monoisotopic (exact) mass is 448 g/mol. The minimum atomic E-state index is -0.296. The first-order chi connectivity index (χ1) is 16.0. The molecule has 2 amide bonds. The lowest BCUT2D eigenvalue weighted by molar-refractivity contribution is -0.136. The maximum atomic E-state index is 13.2. The van der Waals surface area contributed by atoms with Gasteiger partial charge in [-0.3, -0.25) is 14.5 Å². The Balaban J connectivity index is 1.58. The quantitative estimate of drug-likeness (QED) is 0.495. The number of aryl methyl sites for hydroxylation is 1. The lowest BCUT2D eigenvalue weighted by atomic mass is 10.0. The molecular formula is C26H32N4O3. The number of piperazine rings is 1. The Morgan fingerprint density at radius 1 is 0.909 bits per heavy atom. The molecule has 174 valence electrons. The summed E-state index contributed by atoms with van der Waals surface area (Å²) < 4.78 is 5.10. The minimum absolute atomic E-state index is 0.267. The Morgan fingerprint density at radius 3 is 2.21 bits per heavy atom. The van der Waals surface area contributed by atoms with Gasteiger partial charge in [-0.25, -0.2) is 0 Å². The zero-order valence-electron chi connectivity index (χ0n) is 19.6. The molecule has 0 spiro atoms. The lowest BCUT2D eigenvalue weighted by Gasteiger charge is -2.34. The Bertz CT molecular complexity index is 1020. The van der Waals surface area contributed by atoms with Gasteiger partial charge in [-0.1, -0.05) is 29.8 Å². The van der Waals surface area contributed by atoms with Gasteiger partial charge in [0.15, 0.2) is 0 Å². The van der Waals surface area contributed by atoms with Gasteiger partial charge < -0.3 is 19.9 Å². The molecule has 1 saturated heterocycles. The molecule has 1 N–H and O–H groups in total. The van der Waals surface area contributed by atoms with Crippen LogP contribution in [0.4, 0.5) is 11.4 Å². The molecule has 0 aliphatic carbocycles. The molecule has 4 rings (SSSR count). The second-order valence-corrected chi connectivity index (χ2v) is 8.69. The van der Waals surface area contributed by atoms with E-state index in [1.807, 2.05) is 43.3 Å². The van der Waals surface area contributed by atoms with Gasteiger partial charge in [0.2, 0.25) is 0 Å². The third kappa shape index (κ3) is 5.10. The highest BCUT2D eigenvalue weighted by atomic mass is 16.5. The molecule has 1 fully saturated rings. The Hall–Kier alpha value is -3.16. The van der Waals surface area contributed by atoms with E-state index in [9.17, 15) is 9.59 Å². The highest BCUT2D eigenvalue weighted by molar-refractivity contribution is 6.36. The van der Waals surface area contributed by atoms with Crippen molar-refractivity contribution in [2.24, 2.45) is 0 Å². The highest BCUT2D eigenvalue weighted by Crippen LogP contribution is 2.31. The summed E-state index contributed by atoms with van der Waals surface area (Å²) in [5.41, 5.74) is 4.53. The van der Waals surface area contributed by atoms with Crippen molar-refractivity contribution in [3.05, 3.63) is 65.4 Å². The third-order valence-electron chi connectivity index (χ3n) is 6.24. The average Bonchev–Trinajstić information content (AvgIpc) is 3.05. The van der Waals surface area contributed by atoms with Crippen molar-refractivity contribution in [2.75, 3.05) is 63.7 Å². The fourth-order valence-corrected chi connectivity index (χ4v) is 4.21. The van der Waals surface area contributed by atoms with Gasteiger partial charge in [0.05, 0.1) is 5.57 Å².